The first-order valence-electron chi connectivity index (χ1n) is 7.31. The Morgan fingerprint density at radius 3 is 2.68 bits per heavy atom. The van der Waals surface area contributed by atoms with Crippen molar-refractivity contribution < 1.29 is 0 Å². The zero-order chi connectivity index (χ0) is 13.7. The number of nitrogens with zero attached hydrogens (tertiary/aromatic N) is 1. The van der Waals surface area contributed by atoms with Crippen LogP contribution in [0.5, 0.6) is 0 Å². The molecule has 1 aromatic carbocycles. The standard InChI is InChI=1S/C16H26N2S/c1-13(2)17-11-16(15-7-5-4-6-8-15)18-9-10-19-14(3)12-18/h4-8,13-14,16-17H,9-12H2,1-3H3. The summed E-state index contributed by atoms with van der Waals surface area (Å²) in [5, 5.41) is 4.36. The highest BCUT2D eigenvalue weighted by Crippen LogP contribution is 2.26. The predicted octanol–water partition coefficient (Wildman–Crippen LogP) is 3.16. The van der Waals surface area contributed by atoms with E-state index >= 15 is 0 Å². The van der Waals surface area contributed by atoms with E-state index in [2.05, 4.69) is 73.1 Å². The molecule has 0 aromatic heterocycles. The molecular weight excluding hydrogens is 252 g/mol. The average Bonchev–Trinajstić information content (AvgIpc) is 2.40. The molecule has 1 N–H and O–H groups in total. The number of hydrogen-bond acceptors (Lipinski definition) is 3. The third-order valence-electron chi connectivity index (χ3n) is 3.62. The van der Waals surface area contributed by atoms with E-state index in [1.54, 1.807) is 0 Å². The normalized spacial score (nSPS) is 22.6. The first kappa shape index (κ1) is 14.9. The summed E-state index contributed by atoms with van der Waals surface area (Å²) in [7, 11) is 0. The van der Waals surface area contributed by atoms with Gasteiger partial charge in [-0.15, -0.1) is 0 Å². The van der Waals surface area contributed by atoms with Crippen molar-refractivity contribution in [3.05, 3.63) is 35.9 Å². The average molecular weight is 278 g/mol. The molecule has 3 heteroatoms. The Labute approximate surface area is 122 Å². The van der Waals surface area contributed by atoms with Crippen molar-refractivity contribution in [3.8, 4) is 0 Å². The highest BCUT2D eigenvalue weighted by Gasteiger charge is 2.25. The lowest BCUT2D eigenvalue weighted by atomic mass is 10.0. The maximum atomic E-state index is 3.61. The molecule has 0 radical (unpaired) electrons. The Morgan fingerprint density at radius 2 is 2.05 bits per heavy atom. The maximum Gasteiger partial charge on any atom is 0.0473 e. The van der Waals surface area contributed by atoms with Gasteiger partial charge in [-0.05, 0) is 5.56 Å². The Balaban J connectivity index is 2.09. The lowest BCUT2D eigenvalue weighted by molar-refractivity contribution is 0.198. The molecule has 1 aliphatic rings. The number of hydrogen-bond donors (Lipinski definition) is 1. The van der Waals surface area contributed by atoms with Gasteiger partial charge in [-0.25, -0.2) is 0 Å². The SMILES string of the molecule is CC(C)NCC(c1ccccc1)N1CCSC(C)C1. The Bertz CT molecular complexity index is 366. The fraction of sp³-hybridized carbons (Fsp3) is 0.625. The van der Waals surface area contributed by atoms with Gasteiger partial charge < -0.3 is 5.32 Å². The van der Waals surface area contributed by atoms with Crippen LogP contribution in [0, 0.1) is 0 Å². The Kier molecular flexibility index (Phi) is 5.74. The van der Waals surface area contributed by atoms with Gasteiger partial charge in [0.2, 0.25) is 0 Å². The van der Waals surface area contributed by atoms with Gasteiger partial charge in [0.1, 0.15) is 0 Å². The van der Waals surface area contributed by atoms with Crippen LogP contribution in [0.4, 0.5) is 0 Å². The molecular formula is C16H26N2S. The van der Waals surface area contributed by atoms with E-state index in [4.69, 9.17) is 0 Å². The number of benzene rings is 1. The molecule has 2 unspecified atom stereocenters. The third-order valence-corrected chi connectivity index (χ3v) is 4.75. The molecule has 1 fully saturated rings. The summed E-state index contributed by atoms with van der Waals surface area (Å²) in [6, 6.07) is 12.0. The van der Waals surface area contributed by atoms with E-state index < -0.39 is 0 Å². The molecule has 19 heavy (non-hydrogen) atoms. The molecule has 0 saturated carbocycles. The zero-order valence-electron chi connectivity index (χ0n) is 12.3. The number of rotatable bonds is 5. The molecule has 1 aromatic rings. The van der Waals surface area contributed by atoms with Crippen molar-refractivity contribution in [2.24, 2.45) is 0 Å². The van der Waals surface area contributed by atoms with Crippen LogP contribution in [0.25, 0.3) is 0 Å². The lowest BCUT2D eigenvalue weighted by Gasteiger charge is -2.37. The molecule has 0 bridgehead atoms. The lowest BCUT2D eigenvalue weighted by Crippen LogP contribution is -2.44. The first-order chi connectivity index (χ1) is 9.16. The molecule has 1 saturated heterocycles. The minimum atomic E-state index is 0.506. The minimum absolute atomic E-state index is 0.506. The van der Waals surface area contributed by atoms with Gasteiger partial charge in [-0.3, -0.25) is 4.90 Å². The van der Waals surface area contributed by atoms with Crippen molar-refractivity contribution in [1.29, 1.82) is 0 Å². The maximum absolute atomic E-state index is 3.61. The van der Waals surface area contributed by atoms with Gasteiger partial charge in [0.25, 0.3) is 0 Å². The topological polar surface area (TPSA) is 15.3 Å². The second-order valence-corrected chi connectivity index (χ2v) is 7.21. The van der Waals surface area contributed by atoms with Crippen LogP contribution in [0.3, 0.4) is 0 Å². The summed E-state index contributed by atoms with van der Waals surface area (Å²) >= 11 is 2.10. The van der Waals surface area contributed by atoms with E-state index in [1.807, 2.05) is 0 Å². The van der Waals surface area contributed by atoms with Crippen LogP contribution in [0.2, 0.25) is 0 Å². The monoisotopic (exact) mass is 278 g/mol. The molecule has 2 atom stereocenters. The van der Waals surface area contributed by atoms with Gasteiger partial charge in [-0.2, -0.15) is 11.8 Å². The second-order valence-electron chi connectivity index (χ2n) is 5.67. The zero-order valence-corrected chi connectivity index (χ0v) is 13.1. The summed E-state index contributed by atoms with van der Waals surface area (Å²) in [4.78, 5) is 2.64. The smallest absolute Gasteiger partial charge is 0.0473 e. The molecule has 0 aliphatic carbocycles. The van der Waals surface area contributed by atoms with Crippen LogP contribution < -0.4 is 5.32 Å². The molecule has 0 spiro atoms. The van der Waals surface area contributed by atoms with Crippen molar-refractivity contribution >= 4 is 11.8 Å². The summed E-state index contributed by atoms with van der Waals surface area (Å²) in [5.74, 6) is 1.26. The highest BCUT2D eigenvalue weighted by molar-refractivity contribution is 7.99. The van der Waals surface area contributed by atoms with Crippen molar-refractivity contribution in [1.82, 2.24) is 10.2 Å². The van der Waals surface area contributed by atoms with Gasteiger partial charge in [0.05, 0.1) is 0 Å². The van der Waals surface area contributed by atoms with Crippen LogP contribution in [-0.4, -0.2) is 41.6 Å². The Hall–Kier alpha value is -0.510. The fourth-order valence-electron chi connectivity index (χ4n) is 2.61. The van der Waals surface area contributed by atoms with E-state index in [9.17, 15) is 0 Å². The van der Waals surface area contributed by atoms with Gasteiger partial charge in [0, 0.05) is 42.7 Å². The Morgan fingerprint density at radius 1 is 1.32 bits per heavy atom. The number of nitrogens with one attached hydrogen (secondary N) is 1. The van der Waals surface area contributed by atoms with E-state index in [0.29, 0.717) is 12.1 Å². The van der Waals surface area contributed by atoms with Crippen LogP contribution in [-0.2, 0) is 0 Å². The molecule has 2 nitrogen and oxygen atoms in total. The third kappa shape index (κ3) is 4.51. The van der Waals surface area contributed by atoms with E-state index in [-0.39, 0.29) is 0 Å². The number of thioether (sulfide) groups is 1. The summed E-state index contributed by atoms with van der Waals surface area (Å²) in [5.41, 5.74) is 1.44. The fourth-order valence-corrected chi connectivity index (χ4v) is 3.65. The first-order valence-corrected chi connectivity index (χ1v) is 8.35. The molecule has 1 heterocycles. The van der Waals surface area contributed by atoms with Crippen LogP contribution >= 0.6 is 11.8 Å². The van der Waals surface area contributed by atoms with Crippen molar-refractivity contribution in [2.75, 3.05) is 25.4 Å². The predicted molar refractivity (Wildman–Crippen MR) is 85.8 cm³/mol. The van der Waals surface area contributed by atoms with Gasteiger partial charge in [0.15, 0.2) is 0 Å². The minimum Gasteiger partial charge on any atom is -0.313 e. The van der Waals surface area contributed by atoms with Crippen molar-refractivity contribution in [2.45, 2.75) is 38.1 Å². The largest absolute Gasteiger partial charge is 0.313 e. The van der Waals surface area contributed by atoms with Gasteiger partial charge >= 0.3 is 0 Å². The molecule has 0 amide bonds. The second kappa shape index (κ2) is 7.32. The molecule has 1 aliphatic heterocycles. The summed E-state index contributed by atoms with van der Waals surface area (Å²) in [6.45, 7) is 10.2. The highest BCUT2D eigenvalue weighted by atomic mass is 32.2. The van der Waals surface area contributed by atoms with Crippen LogP contribution in [0.1, 0.15) is 32.4 Å². The van der Waals surface area contributed by atoms with Crippen molar-refractivity contribution in [3.63, 3.8) is 0 Å². The van der Waals surface area contributed by atoms with E-state index in [1.165, 1.54) is 24.4 Å². The van der Waals surface area contributed by atoms with E-state index in [0.717, 1.165) is 11.8 Å². The molecule has 2 rings (SSSR count). The summed E-state index contributed by atoms with van der Waals surface area (Å²) in [6.07, 6.45) is 0. The summed E-state index contributed by atoms with van der Waals surface area (Å²) < 4.78 is 0. The molecule has 106 valence electrons. The van der Waals surface area contributed by atoms with Gasteiger partial charge in [-0.1, -0.05) is 51.1 Å². The quantitative estimate of drug-likeness (QED) is 0.890. The van der Waals surface area contributed by atoms with Crippen LogP contribution in [0.15, 0.2) is 30.3 Å².